The quantitative estimate of drug-likeness (QED) is 0.632. The number of nitrogens with two attached hydrogens (primary N) is 1. The summed E-state index contributed by atoms with van der Waals surface area (Å²) in [5.74, 6) is 0.771. The van der Waals surface area contributed by atoms with Crippen LogP contribution in [-0.4, -0.2) is 11.8 Å². The summed E-state index contributed by atoms with van der Waals surface area (Å²) in [6, 6.07) is 6.08. The SMILES string of the molecule is CC(=O)c1cc(NC(C)C2CCCC2)ccc1N. The normalized spacial score (nSPS) is 17.7. The average molecular weight is 246 g/mol. The van der Waals surface area contributed by atoms with E-state index in [0.717, 1.165) is 11.6 Å². The lowest BCUT2D eigenvalue weighted by Gasteiger charge is -2.22. The lowest BCUT2D eigenvalue weighted by molar-refractivity contribution is 0.101. The number of hydrogen-bond donors (Lipinski definition) is 2. The molecule has 1 saturated carbocycles. The van der Waals surface area contributed by atoms with E-state index in [0.29, 0.717) is 17.3 Å². The molecule has 18 heavy (non-hydrogen) atoms. The number of nitrogen functional groups attached to an aromatic ring is 1. The number of benzene rings is 1. The van der Waals surface area contributed by atoms with Gasteiger partial charge in [0, 0.05) is 23.0 Å². The van der Waals surface area contributed by atoms with Gasteiger partial charge in [-0.3, -0.25) is 4.79 Å². The van der Waals surface area contributed by atoms with E-state index in [1.54, 1.807) is 13.0 Å². The van der Waals surface area contributed by atoms with Gasteiger partial charge in [-0.2, -0.15) is 0 Å². The minimum absolute atomic E-state index is 0.0182. The van der Waals surface area contributed by atoms with Crippen molar-refractivity contribution in [2.75, 3.05) is 11.1 Å². The molecule has 0 aliphatic heterocycles. The Labute approximate surface area is 109 Å². The molecule has 0 bridgehead atoms. The van der Waals surface area contributed by atoms with Crippen LogP contribution >= 0.6 is 0 Å². The minimum atomic E-state index is 0.0182. The van der Waals surface area contributed by atoms with Crippen LogP contribution in [0.2, 0.25) is 0 Å². The predicted molar refractivity (Wildman–Crippen MR) is 75.9 cm³/mol. The molecule has 1 atom stereocenters. The molecule has 1 aliphatic carbocycles. The van der Waals surface area contributed by atoms with Gasteiger partial charge in [-0.25, -0.2) is 0 Å². The van der Waals surface area contributed by atoms with Crippen LogP contribution in [0.5, 0.6) is 0 Å². The van der Waals surface area contributed by atoms with Gasteiger partial charge in [0.2, 0.25) is 0 Å². The van der Waals surface area contributed by atoms with E-state index in [-0.39, 0.29) is 5.78 Å². The Kier molecular flexibility index (Phi) is 3.90. The summed E-state index contributed by atoms with van der Waals surface area (Å²) in [7, 11) is 0. The topological polar surface area (TPSA) is 55.1 Å². The van der Waals surface area contributed by atoms with Crippen LogP contribution < -0.4 is 11.1 Å². The maximum atomic E-state index is 11.5. The van der Waals surface area contributed by atoms with Crippen molar-refractivity contribution < 1.29 is 4.79 Å². The molecule has 3 nitrogen and oxygen atoms in total. The van der Waals surface area contributed by atoms with E-state index < -0.39 is 0 Å². The highest BCUT2D eigenvalue weighted by atomic mass is 16.1. The van der Waals surface area contributed by atoms with E-state index in [1.165, 1.54) is 25.7 Å². The summed E-state index contributed by atoms with van der Waals surface area (Å²) in [6.45, 7) is 3.77. The second-order valence-corrected chi connectivity index (χ2v) is 5.34. The van der Waals surface area contributed by atoms with Crippen LogP contribution in [0.15, 0.2) is 18.2 Å². The predicted octanol–water partition coefficient (Wildman–Crippen LogP) is 3.46. The molecule has 1 aromatic carbocycles. The van der Waals surface area contributed by atoms with E-state index in [9.17, 15) is 4.79 Å². The summed E-state index contributed by atoms with van der Waals surface area (Å²) in [4.78, 5) is 11.5. The molecule has 0 spiro atoms. The molecular weight excluding hydrogens is 224 g/mol. The lowest BCUT2D eigenvalue weighted by atomic mass is 9.99. The third kappa shape index (κ3) is 2.84. The fourth-order valence-electron chi connectivity index (χ4n) is 2.79. The van der Waals surface area contributed by atoms with Crippen molar-refractivity contribution >= 4 is 17.2 Å². The van der Waals surface area contributed by atoms with E-state index in [4.69, 9.17) is 5.73 Å². The van der Waals surface area contributed by atoms with Crippen molar-refractivity contribution in [3.05, 3.63) is 23.8 Å². The molecular formula is C15H22N2O. The summed E-state index contributed by atoms with van der Waals surface area (Å²) >= 11 is 0. The first-order valence-corrected chi connectivity index (χ1v) is 6.75. The van der Waals surface area contributed by atoms with Crippen LogP contribution in [0, 0.1) is 5.92 Å². The zero-order chi connectivity index (χ0) is 13.1. The molecule has 1 aromatic rings. The minimum Gasteiger partial charge on any atom is -0.398 e. The Morgan fingerprint density at radius 1 is 1.39 bits per heavy atom. The molecule has 0 saturated heterocycles. The summed E-state index contributed by atoms with van der Waals surface area (Å²) in [6.07, 6.45) is 5.31. The van der Waals surface area contributed by atoms with Crippen molar-refractivity contribution in [1.29, 1.82) is 0 Å². The van der Waals surface area contributed by atoms with E-state index >= 15 is 0 Å². The Morgan fingerprint density at radius 3 is 2.67 bits per heavy atom. The Bertz CT molecular complexity index is 436. The van der Waals surface area contributed by atoms with E-state index in [2.05, 4.69) is 12.2 Å². The van der Waals surface area contributed by atoms with E-state index in [1.807, 2.05) is 12.1 Å². The standard InChI is InChI=1S/C15H22N2O/c1-10(12-5-3-4-6-12)17-13-7-8-15(16)14(9-13)11(2)18/h7-10,12,17H,3-6,16H2,1-2H3. The van der Waals surface area contributed by atoms with Crippen LogP contribution in [0.3, 0.4) is 0 Å². The monoisotopic (exact) mass is 246 g/mol. The number of hydrogen-bond acceptors (Lipinski definition) is 3. The number of carbonyl (C=O) groups excluding carboxylic acids is 1. The molecule has 0 heterocycles. The van der Waals surface area contributed by atoms with Gasteiger partial charge < -0.3 is 11.1 Å². The number of nitrogens with one attached hydrogen (secondary N) is 1. The fourth-order valence-corrected chi connectivity index (χ4v) is 2.79. The number of Topliss-reactive ketones (excluding diaryl/α,β-unsaturated/α-hetero) is 1. The van der Waals surface area contributed by atoms with Gasteiger partial charge in [0.05, 0.1) is 0 Å². The van der Waals surface area contributed by atoms with Gasteiger partial charge in [0.1, 0.15) is 0 Å². The third-order valence-electron chi connectivity index (χ3n) is 3.93. The molecule has 1 fully saturated rings. The Hall–Kier alpha value is -1.51. The molecule has 98 valence electrons. The zero-order valence-electron chi connectivity index (χ0n) is 11.2. The first-order valence-electron chi connectivity index (χ1n) is 6.75. The highest BCUT2D eigenvalue weighted by molar-refractivity contribution is 6.00. The first kappa shape index (κ1) is 12.9. The van der Waals surface area contributed by atoms with Crippen LogP contribution in [-0.2, 0) is 0 Å². The first-order chi connectivity index (χ1) is 8.58. The van der Waals surface area contributed by atoms with Crippen LogP contribution in [0.25, 0.3) is 0 Å². The Morgan fingerprint density at radius 2 is 2.06 bits per heavy atom. The fraction of sp³-hybridized carbons (Fsp3) is 0.533. The van der Waals surface area contributed by atoms with Gasteiger partial charge in [0.15, 0.2) is 5.78 Å². The summed E-state index contributed by atoms with van der Waals surface area (Å²) < 4.78 is 0. The number of ketones is 1. The molecule has 3 N–H and O–H groups in total. The molecule has 0 amide bonds. The van der Waals surface area contributed by atoms with Gasteiger partial charge in [-0.05, 0) is 50.8 Å². The third-order valence-corrected chi connectivity index (χ3v) is 3.93. The highest BCUT2D eigenvalue weighted by Crippen LogP contribution is 2.29. The molecule has 0 radical (unpaired) electrons. The average Bonchev–Trinajstić information content (AvgIpc) is 2.85. The molecule has 3 heteroatoms. The van der Waals surface area contributed by atoms with Crippen molar-refractivity contribution in [1.82, 2.24) is 0 Å². The summed E-state index contributed by atoms with van der Waals surface area (Å²) in [5.41, 5.74) is 7.96. The second-order valence-electron chi connectivity index (χ2n) is 5.34. The van der Waals surface area contributed by atoms with Gasteiger partial charge in [0.25, 0.3) is 0 Å². The highest BCUT2D eigenvalue weighted by Gasteiger charge is 2.21. The molecule has 2 rings (SSSR count). The van der Waals surface area contributed by atoms with Crippen molar-refractivity contribution in [3.63, 3.8) is 0 Å². The number of anilines is 2. The van der Waals surface area contributed by atoms with Crippen LogP contribution in [0.1, 0.15) is 49.9 Å². The second kappa shape index (κ2) is 5.42. The van der Waals surface area contributed by atoms with Gasteiger partial charge >= 0.3 is 0 Å². The summed E-state index contributed by atoms with van der Waals surface area (Å²) in [5, 5.41) is 3.50. The smallest absolute Gasteiger partial charge is 0.161 e. The lowest BCUT2D eigenvalue weighted by Crippen LogP contribution is -2.23. The van der Waals surface area contributed by atoms with Crippen molar-refractivity contribution in [2.24, 2.45) is 5.92 Å². The largest absolute Gasteiger partial charge is 0.398 e. The van der Waals surface area contributed by atoms with Gasteiger partial charge in [-0.1, -0.05) is 12.8 Å². The molecule has 0 aromatic heterocycles. The van der Waals surface area contributed by atoms with Crippen molar-refractivity contribution in [3.8, 4) is 0 Å². The Balaban J connectivity index is 2.09. The maximum Gasteiger partial charge on any atom is 0.161 e. The van der Waals surface area contributed by atoms with Crippen molar-refractivity contribution in [2.45, 2.75) is 45.6 Å². The number of carbonyl (C=O) groups is 1. The van der Waals surface area contributed by atoms with Crippen LogP contribution in [0.4, 0.5) is 11.4 Å². The number of rotatable bonds is 4. The maximum absolute atomic E-state index is 11.5. The molecule has 1 aliphatic rings. The zero-order valence-corrected chi connectivity index (χ0v) is 11.2. The molecule has 1 unspecified atom stereocenters. The van der Waals surface area contributed by atoms with Gasteiger partial charge in [-0.15, -0.1) is 0 Å².